The number of benzene rings is 3. The highest BCUT2D eigenvalue weighted by Gasteiger charge is 2.66. The first-order valence-corrected chi connectivity index (χ1v) is 12.8. The van der Waals surface area contributed by atoms with Crippen molar-refractivity contribution < 1.29 is 9.13 Å². The molecule has 5 aromatic rings. The van der Waals surface area contributed by atoms with Crippen molar-refractivity contribution in [1.82, 2.24) is 0 Å². The molecule has 1 atom stereocenters. The summed E-state index contributed by atoms with van der Waals surface area (Å²) >= 11 is 0. The van der Waals surface area contributed by atoms with Crippen LogP contribution >= 0.6 is 0 Å². The van der Waals surface area contributed by atoms with Gasteiger partial charge in [0.2, 0.25) is 11.4 Å². The summed E-state index contributed by atoms with van der Waals surface area (Å²) in [6, 6.07) is 35.8. The Labute approximate surface area is 213 Å². The summed E-state index contributed by atoms with van der Waals surface area (Å²) in [4.78, 5) is 0. The average Bonchev–Trinajstić information content (AvgIpc) is 3.36. The van der Waals surface area contributed by atoms with Gasteiger partial charge < -0.3 is 0 Å². The third-order valence-corrected chi connectivity index (χ3v) is 8.04. The van der Waals surface area contributed by atoms with Crippen molar-refractivity contribution in [2.75, 3.05) is 0 Å². The lowest BCUT2D eigenvalue weighted by atomic mass is 9.87. The molecule has 7 rings (SSSR count). The van der Waals surface area contributed by atoms with Crippen molar-refractivity contribution in [2.24, 2.45) is 0 Å². The molecule has 4 heterocycles. The molecule has 2 aliphatic heterocycles. The monoisotopic (exact) mass is 466 g/mol. The van der Waals surface area contributed by atoms with Gasteiger partial charge in [-0.25, -0.2) is 0 Å². The Hall–Kier alpha value is -4.04. The zero-order valence-corrected chi connectivity index (χ0v) is 21.3. The number of aryl methyl sites for hydroxylation is 1. The maximum atomic E-state index is 2.54. The lowest BCUT2D eigenvalue weighted by Gasteiger charge is -2.21. The molecule has 0 saturated heterocycles. The zero-order chi connectivity index (χ0) is 24.7. The number of aromatic nitrogens is 2. The number of pyridine rings is 2. The Morgan fingerprint density at radius 2 is 1.39 bits per heavy atom. The van der Waals surface area contributed by atoms with Gasteiger partial charge in [0.25, 0.3) is 0 Å². The van der Waals surface area contributed by atoms with Crippen LogP contribution in [0.1, 0.15) is 43.0 Å². The summed E-state index contributed by atoms with van der Waals surface area (Å²) in [7, 11) is 0. The Bertz CT molecular complexity index is 1670. The predicted octanol–water partition coefficient (Wildman–Crippen LogP) is 6.79. The maximum Gasteiger partial charge on any atom is 0.417 e. The van der Waals surface area contributed by atoms with Gasteiger partial charge in [-0.2, -0.15) is 0 Å². The van der Waals surface area contributed by atoms with Crippen LogP contribution in [-0.2, 0) is 11.1 Å². The fourth-order valence-corrected chi connectivity index (χ4v) is 6.30. The Morgan fingerprint density at radius 3 is 2.19 bits per heavy atom. The first kappa shape index (κ1) is 21.3. The summed E-state index contributed by atoms with van der Waals surface area (Å²) in [5, 5.41) is 0. The molecule has 0 saturated carbocycles. The van der Waals surface area contributed by atoms with Crippen LogP contribution in [0.15, 0.2) is 109 Å². The molecule has 0 bridgehead atoms. The molecule has 0 radical (unpaired) electrons. The van der Waals surface area contributed by atoms with Crippen molar-refractivity contribution >= 4 is 0 Å². The van der Waals surface area contributed by atoms with Gasteiger partial charge in [0.1, 0.15) is 11.1 Å². The molecule has 3 aromatic carbocycles. The van der Waals surface area contributed by atoms with E-state index in [-0.39, 0.29) is 5.41 Å². The minimum Gasteiger partial charge on any atom is -0.125 e. The Kier molecular flexibility index (Phi) is 4.27. The van der Waals surface area contributed by atoms with E-state index in [4.69, 9.17) is 0 Å². The molecule has 0 fully saturated rings. The summed E-state index contributed by atoms with van der Waals surface area (Å²) in [5.41, 5.74) is 12.5. The highest BCUT2D eigenvalue weighted by Crippen LogP contribution is 2.48. The van der Waals surface area contributed by atoms with Crippen LogP contribution in [0.25, 0.3) is 33.6 Å². The van der Waals surface area contributed by atoms with Crippen LogP contribution in [-0.4, -0.2) is 0 Å². The third-order valence-electron chi connectivity index (χ3n) is 8.04. The van der Waals surface area contributed by atoms with E-state index in [0.717, 1.165) is 0 Å². The van der Waals surface area contributed by atoms with Crippen molar-refractivity contribution in [3.05, 3.63) is 132 Å². The number of hydrogen-bond acceptors (Lipinski definition) is 0. The van der Waals surface area contributed by atoms with Gasteiger partial charge in [0.15, 0.2) is 12.4 Å². The largest absolute Gasteiger partial charge is 0.417 e. The Balaban J connectivity index is 1.63. The number of nitrogens with zero attached hydrogens (tertiary/aromatic N) is 2. The smallest absolute Gasteiger partial charge is 0.125 e. The molecule has 1 spiro atoms. The van der Waals surface area contributed by atoms with Crippen LogP contribution in [0, 0.1) is 6.92 Å². The van der Waals surface area contributed by atoms with E-state index in [1.807, 2.05) is 0 Å². The molecule has 1 unspecified atom stereocenters. The molecular weight excluding hydrogens is 436 g/mol. The number of rotatable bonds is 1. The van der Waals surface area contributed by atoms with E-state index >= 15 is 0 Å². The normalized spacial score (nSPS) is 17.0. The van der Waals surface area contributed by atoms with Gasteiger partial charge >= 0.3 is 5.66 Å². The van der Waals surface area contributed by atoms with Crippen molar-refractivity contribution in [3.63, 3.8) is 0 Å². The second-order valence-electron chi connectivity index (χ2n) is 11.2. The molecular formula is C34H30N2+2. The van der Waals surface area contributed by atoms with Gasteiger partial charge in [-0.1, -0.05) is 69.3 Å². The lowest BCUT2D eigenvalue weighted by Crippen LogP contribution is -2.71. The van der Waals surface area contributed by atoms with E-state index in [0.29, 0.717) is 0 Å². The number of fused-ring (bicyclic) bond motifs is 10. The quantitative estimate of drug-likeness (QED) is 0.235. The minimum absolute atomic E-state index is 0.0470. The standard InChI is InChI=1S/C34H30N2/c1-23-11-10-20-35-32(23)27-14-8-9-15-29(27)34(35)30-18-16-25(24-12-6-5-7-13-24)21-28(30)31-19-17-26(22-36(31)34)33(2,3)4/h5-22H,1-4H3/q+2. The summed E-state index contributed by atoms with van der Waals surface area (Å²) in [6.07, 6.45) is 4.67. The molecule has 0 amide bonds. The summed E-state index contributed by atoms with van der Waals surface area (Å²) in [5.74, 6) is 0. The molecule has 2 aromatic heterocycles. The third kappa shape index (κ3) is 2.67. The van der Waals surface area contributed by atoms with Gasteiger partial charge in [-0.3, -0.25) is 0 Å². The van der Waals surface area contributed by atoms with Crippen molar-refractivity contribution in [3.8, 4) is 33.6 Å². The van der Waals surface area contributed by atoms with E-state index in [1.165, 1.54) is 55.9 Å². The first-order valence-electron chi connectivity index (χ1n) is 12.8. The van der Waals surface area contributed by atoms with Gasteiger partial charge in [0.05, 0.1) is 11.1 Å². The average molecular weight is 467 g/mol. The lowest BCUT2D eigenvalue weighted by molar-refractivity contribution is -0.955. The minimum atomic E-state index is -0.459. The second kappa shape index (κ2) is 7.24. The Morgan fingerprint density at radius 1 is 0.639 bits per heavy atom. The molecule has 2 aliphatic rings. The summed E-state index contributed by atoms with van der Waals surface area (Å²) in [6.45, 7) is 9.12. The second-order valence-corrected chi connectivity index (χ2v) is 11.2. The fourth-order valence-electron chi connectivity index (χ4n) is 6.30. The molecule has 2 nitrogen and oxygen atoms in total. The van der Waals surface area contributed by atoms with Gasteiger partial charge in [-0.15, -0.1) is 9.13 Å². The van der Waals surface area contributed by atoms with Crippen LogP contribution in [0.3, 0.4) is 0 Å². The fraction of sp³-hybridized carbons (Fsp3) is 0.176. The van der Waals surface area contributed by atoms with Crippen LogP contribution in [0.4, 0.5) is 0 Å². The zero-order valence-electron chi connectivity index (χ0n) is 21.3. The SMILES string of the molecule is Cc1ccc[n+]2c1-c1ccccc1C21c2ccc(-c3ccccc3)cc2-c2ccc(C(C)(C)C)c[n+]21. The topological polar surface area (TPSA) is 7.76 Å². The van der Waals surface area contributed by atoms with Gasteiger partial charge in [0, 0.05) is 23.3 Å². The van der Waals surface area contributed by atoms with Crippen LogP contribution in [0.2, 0.25) is 0 Å². The maximum absolute atomic E-state index is 2.54. The number of hydrogen-bond donors (Lipinski definition) is 0. The van der Waals surface area contributed by atoms with Crippen molar-refractivity contribution in [1.29, 1.82) is 0 Å². The van der Waals surface area contributed by atoms with Gasteiger partial charge in [-0.05, 0) is 59.9 Å². The highest BCUT2D eigenvalue weighted by molar-refractivity contribution is 5.78. The van der Waals surface area contributed by atoms with E-state index in [1.54, 1.807) is 0 Å². The van der Waals surface area contributed by atoms with Crippen LogP contribution < -0.4 is 9.13 Å². The summed E-state index contributed by atoms with van der Waals surface area (Å²) < 4.78 is 5.05. The van der Waals surface area contributed by atoms with Crippen LogP contribution in [0.5, 0.6) is 0 Å². The van der Waals surface area contributed by atoms with E-state index in [9.17, 15) is 0 Å². The van der Waals surface area contributed by atoms with E-state index < -0.39 is 5.66 Å². The highest BCUT2D eigenvalue weighted by atomic mass is 15.3. The molecule has 2 heteroatoms. The molecule has 174 valence electrons. The predicted molar refractivity (Wildman–Crippen MR) is 145 cm³/mol. The first-order chi connectivity index (χ1) is 17.4. The molecule has 0 aliphatic carbocycles. The molecule has 0 N–H and O–H groups in total. The van der Waals surface area contributed by atoms with Crippen molar-refractivity contribution in [2.45, 2.75) is 38.8 Å². The molecule has 36 heavy (non-hydrogen) atoms. The van der Waals surface area contributed by atoms with E-state index in [2.05, 4.69) is 146 Å².